The number of carbonyl (C=O) groups excluding carboxylic acids is 1. The highest BCUT2D eigenvalue weighted by molar-refractivity contribution is 5.92. The third-order valence-corrected chi connectivity index (χ3v) is 2.52. The number of carboxylic acids is 1. The minimum Gasteiger partial charge on any atom is -0.491 e. The molecule has 1 aromatic carbocycles. The summed E-state index contributed by atoms with van der Waals surface area (Å²) in [5, 5.41) is 22.4. The van der Waals surface area contributed by atoms with Crippen molar-refractivity contribution in [3.05, 3.63) is 24.0 Å². The van der Waals surface area contributed by atoms with Crippen LogP contribution in [-0.2, 0) is 4.79 Å². The number of anilines is 1. The number of benzene rings is 1. The van der Waals surface area contributed by atoms with Gasteiger partial charge in [-0.25, -0.2) is 14.0 Å². The first-order valence-corrected chi connectivity index (χ1v) is 6.26. The van der Waals surface area contributed by atoms with Crippen molar-refractivity contribution in [2.75, 3.05) is 11.9 Å². The number of aliphatic hydroxyl groups excluding tert-OH is 1. The van der Waals surface area contributed by atoms with Crippen LogP contribution in [-0.4, -0.2) is 41.0 Å². The van der Waals surface area contributed by atoms with Gasteiger partial charge in [-0.15, -0.1) is 0 Å². The standard InChI is InChI=1S/C13H17FN2O5/c1-3-21-10-5-4-8(6-9(10)14)15-13(20)16-11(7(2)17)12(18)19/h4-7,11,17H,3H2,1-2H3,(H,18,19)(H2,15,16,20). The monoisotopic (exact) mass is 300 g/mol. The van der Waals surface area contributed by atoms with E-state index < -0.39 is 30.0 Å². The highest BCUT2D eigenvalue weighted by Crippen LogP contribution is 2.21. The quantitative estimate of drug-likeness (QED) is 0.631. The van der Waals surface area contributed by atoms with Crippen LogP contribution in [0.2, 0.25) is 0 Å². The van der Waals surface area contributed by atoms with Gasteiger partial charge in [0.1, 0.15) is 0 Å². The van der Waals surface area contributed by atoms with E-state index in [1.54, 1.807) is 6.92 Å². The molecule has 2 atom stereocenters. The van der Waals surface area contributed by atoms with E-state index in [2.05, 4.69) is 10.6 Å². The van der Waals surface area contributed by atoms with E-state index in [9.17, 15) is 19.1 Å². The van der Waals surface area contributed by atoms with Gasteiger partial charge in [0.2, 0.25) is 0 Å². The molecule has 0 bridgehead atoms. The molecule has 0 radical (unpaired) electrons. The Morgan fingerprint density at radius 1 is 1.43 bits per heavy atom. The van der Waals surface area contributed by atoms with Crippen molar-refractivity contribution in [1.29, 1.82) is 0 Å². The lowest BCUT2D eigenvalue weighted by Crippen LogP contribution is -2.49. The largest absolute Gasteiger partial charge is 0.491 e. The number of aliphatic hydroxyl groups is 1. The minimum atomic E-state index is -1.46. The molecule has 8 heteroatoms. The van der Waals surface area contributed by atoms with Crippen molar-refractivity contribution < 1.29 is 28.9 Å². The van der Waals surface area contributed by atoms with Crippen molar-refractivity contribution in [2.45, 2.75) is 26.0 Å². The van der Waals surface area contributed by atoms with Gasteiger partial charge in [0, 0.05) is 11.8 Å². The topological polar surface area (TPSA) is 108 Å². The van der Waals surface area contributed by atoms with Crippen molar-refractivity contribution in [1.82, 2.24) is 5.32 Å². The van der Waals surface area contributed by atoms with Gasteiger partial charge in [-0.1, -0.05) is 0 Å². The fraction of sp³-hybridized carbons (Fsp3) is 0.385. The first-order valence-electron chi connectivity index (χ1n) is 6.26. The van der Waals surface area contributed by atoms with Gasteiger partial charge >= 0.3 is 12.0 Å². The van der Waals surface area contributed by atoms with Crippen LogP contribution in [0.5, 0.6) is 5.75 Å². The van der Waals surface area contributed by atoms with E-state index in [0.29, 0.717) is 6.61 Å². The second-order valence-corrected chi connectivity index (χ2v) is 4.23. The Morgan fingerprint density at radius 2 is 2.10 bits per heavy atom. The summed E-state index contributed by atoms with van der Waals surface area (Å²) in [4.78, 5) is 22.4. The number of halogens is 1. The maximum absolute atomic E-state index is 13.6. The van der Waals surface area contributed by atoms with Crippen LogP contribution in [0.1, 0.15) is 13.8 Å². The number of carboxylic acid groups (broad SMARTS) is 1. The van der Waals surface area contributed by atoms with E-state index >= 15 is 0 Å². The average Bonchev–Trinajstić information content (AvgIpc) is 2.38. The lowest BCUT2D eigenvalue weighted by molar-refractivity contribution is -0.141. The predicted molar refractivity (Wildman–Crippen MR) is 72.8 cm³/mol. The van der Waals surface area contributed by atoms with Crippen LogP contribution in [0, 0.1) is 5.82 Å². The molecule has 1 rings (SSSR count). The summed E-state index contributed by atoms with van der Waals surface area (Å²) in [6.07, 6.45) is -1.27. The van der Waals surface area contributed by atoms with E-state index in [-0.39, 0.29) is 11.4 Å². The molecule has 0 heterocycles. The fourth-order valence-corrected chi connectivity index (χ4v) is 1.55. The Morgan fingerprint density at radius 3 is 2.57 bits per heavy atom. The second kappa shape index (κ2) is 7.44. The van der Waals surface area contributed by atoms with Gasteiger partial charge in [0.15, 0.2) is 17.6 Å². The predicted octanol–water partition coefficient (Wildman–Crippen LogP) is 1.18. The Labute approximate surface area is 120 Å². The summed E-state index contributed by atoms with van der Waals surface area (Å²) in [5.74, 6) is -1.98. The summed E-state index contributed by atoms with van der Waals surface area (Å²) >= 11 is 0. The van der Waals surface area contributed by atoms with Crippen LogP contribution < -0.4 is 15.4 Å². The van der Waals surface area contributed by atoms with Crippen LogP contribution in [0.4, 0.5) is 14.9 Å². The van der Waals surface area contributed by atoms with Gasteiger partial charge in [-0.05, 0) is 26.0 Å². The normalized spacial score (nSPS) is 13.1. The number of nitrogens with one attached hydrogen (secondary N) is 2. The maximum atomic E-state index is 13.6. The molecular formula is C13H17FN2O5. The van der Waals surface area contributed by atoms with Crippen LogP contribution >= 0.6 is 0 Å². The highest BCUT2D eigenvalue weighted by atomic mass is 19.1. The van der Waals surface area contributed by atoms with Gasteiger partial charge in [-0.3, -0.25) is 0 Å². The van der Waals surface area contributed by atoms with E-state index in [1.807, 2.05) is 0 Å². The lowest BCUT2D eigenvalue weighted by atomic mass is 10.2. The molecular weight excluding hydrogens is 283 g/mol. The van der Waals surface area contributed by atoms with Crippen LogP contribution in [0.25, 0.3) is 0 Å². The van der Waals surface area contributed by atoms with Gasteiger partial charge in [0.05, 0.1) is 12.7 Å². The molecule has 2 amide bonds. The molecule has 7 nitrogen and oxygen atoms in total. The zero-order valence-electron chi connectivity index (χ0n) is 11.6. The van der Waals surface area contributed by atoms with Crippen molar-refractivity contribution in [3.63, 3.8) is 0 Å². The molecule has 0 saturated carbocycles. The minimum absolute atomic E-state index is 0.0517. The lowest BCUT2D eigenvalue weighted by Gasteiger charge is -2.17. The number of ether oxygens (including phenoxy) is 1. The van der Waals surface area contributed by atoms with E-state index in [0.717, 1.165) is 6.07 Å². The van der Waals surface area contributed by atoms with Crippen molar-refractivity contribution in [2.24, 2.45) is 0 Å². The molecule has 0 saturated heterocycles. The number of aliphatic carboxylic acids is 1. The molecule has 4 N–H and O–H groups in total. The summed E-state index contributed by atoms with van der Waals surface area (Å²) in [5.41, 5.74) is 0.128. The Hall–Kier alpha value is -2.35. The Balaban J connectivity index is 2.70. The summed E-state index contributed by atoms with van der Waals surface area (Å²) < 4.78 is 18.6. The van der Waals surface area contributed by atoms with Gasteiger partial charge < -0.3 is 25.6 Å². The molecule has 0 fully saturated rings. The third-order valence-electron chi connectivity index (χ3n) is 2.52. The maximum Gasteiger partial charge on any atom is 0.328 e. The zero-order valence-corrected chi connectivity index (χ0v) is 11.6. The van der Waals surface area contributed by atoms with E-state index in [1.165, 1.54) is 19.1 Å². The van der Waals surface area contributed by atoms with Crippen molar-refractivity contribution >= 4 is 17.7 Å². The number of hydrogen-bond donors (Lipinski definition) is 4. The number of hydrogen-bond acceptors (Lipinski definition) is 4. The highest BCUT2D eigenvalue weighted by Gasteiger charge is 2.24. The molecule has 0 spiro atoms. The molecule has 21 heavy (non-hydrogen) atoms. The number of amides is 2. The van der Waals surface area contributed by atoms with Crippen LogP contribution in [0.15, 0.2) is 18.2 Å². The molecule has 1 aromatic rings. The summed E-state index contributed by atoms with van der Waals surface area (Å²) in [6.45, 7) is 3.25. The first kappa shape index (κ1) is 16.7. The van der Waals surface area contributed by atoms with E-state index in [4.69, 9.17) is 9.84 Å². The van der Waals surface area contributed by atoms with Gasteiger partial charge in [-0.2, -0.15) is 0 Å². The molecule has 0 aliphatic heterocycles. The third kappa shape index (κ3) is 4.92. The molecule has 116 valence electrons. The van der Waals surface area contributed by atoms with Gasteiger partial charge in [0.25, 0.3) is 0 Å². The molecule has 0 aliphatic carbocycles. The number of rotatable bonds is 6. The Bertz CT molecular complexity index is 521. The summed E-state index contributed by atoms with van der Waals surface area (Å²) in [7, 11) is 0. The summed E-state index contributed by atoms with van der Waals surface area (Å²) in [6, 6.07) is 1.47. The van der Waals surface area contributed by atoms with Crippen LogP contribution in [0.3, 0.4) is 0 Å². The molecule has 0 aliphatic rings. The average molecular weight is 300 g/mol. The smallest absolute Gasteiger partial charge is 0.328 e. The fourth-order valence-electron chi connectivity index (χ4n) is 1.55. The molecule has 2 unspecified atom stereocenters. The second-order valence-electron chi connectivity index (χ2n) is 4.23. The number of carbonyl (C=O) groups is 2. The SMILES string of the molecule is CCOc1ccc(NC(=O)NC(C(=O)O)C(C)O)cc1F. The zero-order chi connectivity index (χ0) is 16.0. The number of urea groups is 1. The first-order chi connectivity index (χ1) is 9.85. The van der Waals surface area contributed by atoms with Crippen molar-refractivity contribution in [3.8, 4) is 5.75 Å². The molecule has 0 aromatic heterocycles. The Kier molecular flexibility index (Phi) is 5.92.